The Labute approximate surface area is 241 Å². The Morgan fingerprint density at radius 1 is 0.805 bits per heavy atom. The van der Waals surface area contributed by atoms with Crippen LogP contribution in [0, 0.1) is 13.8 Å². The zero-order chi connectivity index (χ0) is 28.3. The van der Waals surface area contributed by atoms with E-state index in [0.717, 1.165) is 58.2 Å². The highest BCUT2D eigenvalue weighted by atomic mass is 16.5. The standard InChI is InChI=1S/C36H37N3O2/c1-22-10-13-31-29(18-22)28-12-11-26(21-32(28)39(31)34-20-25(14-15-37-34)36(3,4)5)40-27-17-23(2)16-24(19-27)35-38-30-8-6-7-9-33(30)41-35/h10-21,30,33H,6-9H2,1-5H3/t30-,33+/m1/s1. The Balaban J connectivity index is 1.30. The molecule has 0 N–H and O–H groups in total. The van der Waals surface area contributed by atoms with Crippen LogP contribution in [-0.2, 0) is 10.2 Å². The van der Waals surface area contributed by atoms with E-state index < -0.39 is 0 Å². The van der Waals surface area contributed by atoms with Gasteiger partial charge >= 0.3 is 0 Å². The molecule has 0 spiro atoms. The summed E-state index contributed by atoms with van der Waals surface area (Å²) in [7, 11) is 0. The molecular formula is C36H37N3O2. The van der Waals surface area contributed by atoms with E-state index in [9.17, 15) is 0 Å². The monoisotopic (exact) mass is 543 g/mol. The Kier molecular flexibility index (Phi) is 6.15. The molecule has 0 unspecified atom stereocenters. The van der Waals surface area contributed by atoms with Crippen LogP contribution >= 0.6 is 0 Å². The molecule has 1 fully saturated rings. The summed E-state index contributed by atoms with van der Waals surface area (Å²) in [6.07, 6.45) is 6.81. The van der Waals surface area contributed by atoms with Gasteiger partial charge in [0.25, 0.3) is 0 Å². The minimum absolute atomic E-state index is 0.0231. The fourth-order valence-corrected chi connectivity index (χ4v) is 6.33. The van der Waals surface area contributed by atoms with Gasteiger partial charge in [-0.25, -0.2) is 9.98 Å². The van der Waals surface area contributed by atoms with Crippen LogP contribution in [0.1, 0.15) is 68.7 Å². The Bertz CT molecular complexity index is 1820. The first-order valence-corrected chi connectivity index (χ1v) is 14.8. The van der Waals surface area contributed by atoms with Crippen LogP contribution in [0.5, 0.6) is 11.5 Å². The number of hydrogen-bond donors (Lipinski definition) is 0. The molecule has 0 amide bonds. The highest BCUT2D eigenvalue weighted by molar-refractivity contribution is 6.09. The van der Waals surface area contributed by atoms with Gasteiger partial charge in [-0.15, -0.1) is 0 Å². The number of aryl methyl sites for hydroxylation is 2. The topological polar surface area (TPSA) is 48.6 Å². The summed E-state index contributed by atoms with van der Waals surface area (Å²) in [5.74, 6) is 3.23. The molecule has 208 valence electrons. The molecule has 41 heavy (non-hydrogen) atoms. The van der Waals surface area contributed by atoms with Crippen LogP contribution < -0.4 is 4.74 Å². The first-order chi connectivity index (χ1) is 19.7. The molecule has 3 aromatic carbocycles. The zero-order valence-electron chi connectivity index (χ0n) is 24.6. The number of aliphatic imine (C=N–C) groups is 1. The summed E-state index contributed by atoms with van der Waals surface area (Å²) < 4.78 is 15.1. The molecule has 0 radical (unpaired) electrons. The lowest BCUT2D eigenvalue weighted by Gasteiger charge is -2.22. The predicted octanol–water partition coefficient (Wildman–Crippen LogP) is 8.97. The molecule has 0 bridgehead atoms. The molecular weight excluding hydrogens is 506 g/mol. The number of nitrogens with zero attached hydrogens (tertiary/aromatic N) is 3. The minimum Gasteiger partial charge on any atom is -0.472 e. The average molecular weight is 544 g/mol. The van der Waals surface area contributed by atoms with E-state index in [2.05, 4.69) is 106 Å². The second kappa shape index (κ2) is 9.76. The Morgan fingerprint density at radius 2 is 1.66 bits per heavy atom. The van der Waals surface area contributed by atoms with Crippen molar-refractivity contribution in [2.24, 2.45) is 4.99 Å². The van der Waals surface area contributed by atoms with Crippen LogP contribution in [0.25, 0.3) is 27.6 Å². The maximum atomic E-state index is 6.53. The number of fused-ring (bicyclic) bond motifs is 4. The van der Waals surface area contributed by atoms with Crippen molar-refractivity contribution in [2.75, 3.05) is 0 Å². The fraction of sp³-hybridized carbons (Fsp3) is 0.333. The number of rotatable bonds is 4. The van der Waals surface area contributed by atoms with Crippen molar-refractivity contribution in [3.8, 4) is 17.3 Å². The molecule has 2 aromatic heterocycles. The summed E-state index contributed by atoms with van der Waals surface area (Å²) in [5.41, 5.74) is 6.82. The molecule has 5 aromatic rings. The van der Waals surface area contributed by atoms with Gasteiger partial charge in [-0.1, -0.05) is 38.8 Å². The van der Waals surface area contributed by atoms with Crippen LogP contribution in [0.3, 0.4) is 0 Å². The third kappa shape index (κ3) is 4.77. The first kappa shape index (κ1) is 25.8. The van der Waals surface area contributed by atoms with E-state index in [4.69, 9.17) is 19.5 Å². The van der Waals surface area contributed by atoms with Crippen molar-refractivity contribution >= 4 is 27.7 Å². The molecule has 2 atom stereocenters. The number of benzene rings is 3. The van der Waals surface area contributed by atoms with Crippen LogP contribution in [0.15, 0.2) is 77.9 Å². The zero-order valence-corrected chi connectivity index (χ0v) is 24.6. The maximum absolute atomic E-state index is 6.53. The Morgan fingerprint density at radius 3 is 2.49 bits per heavy atom. The van der Waals surface area contributed by atoms with Gasteiger partial charge in [-0.05, 0) is 104 Å². The molecule has 7 rings (SSSR count). The highest BCUT2D eigenvalue weighted by Crippen LogP contribution is 2.37. The lowest BCUT2D eigenvalue weighted by Crippen LogP contribution is -2.26. The number of pyridine rings is 1. The van der Waals surface area contributed by atoms with E-state index in [1.165, 1.54) is 34.7 Å². The highest BCUT2D eigenvalue weighted by Gasteiger charge is 2.33. The van der Waals surface area contributed by atoms with E-state index in [1.807, 2.05) is 6.20 Å². The second-order valence-electron chi connectivity index (χ2n) is 12.8. The SMILES string of the molecule is Cc1cc(Oc2ccc3c4cc(C)ccc4n(-c4cc(C(C)(C)C)ccn4)c3c2)cc(C2=N[C@@H]3CCCC[C@@H]3O2)c1. The van der Waals surface area contributed by atoms with Crippen molar-refractivity contribution < 1.29 is 9.47 Å². The van der Waals surface area contributed by atoms with Crippen LogP contribution in [0.2, 0.25) is 0 Å². The van der Waals surface area contributed by atoms with Crippen LogP contribution in [0.4, 0.5) is 0 Å². The van der Waals surface area contributed by atoms with E-state index >= 15 is 0 Å². The fourth-order valence-electron chi connectivity index (χ4n) is 6.33. The predicted molar refractivity (Wildman–Crippen MR) is 167 cm³/mol. The number of aromatic nitrogens is 2. The lowest BCUT2D eigenvalue weighted by molar-refractivity contribution is 0.153. The summed E-state index contributed by atoms with van der Waals surface area (Å²) in [6.45, 7) is 10.9. The minimum atomic E-state index is 0.0231. The van der Waals surface area contributed by atoms with Crippen molar-refractivity contribution in [3.05, 3.63) is 95.2 Å². The van der Waals surface area contributed by atoms with E-state index in [0.29, 0.717) is 6.04 Å². The van der Waals surface area contributed by atoms with Crippen molar-refractivity contribution in [1.29, 1.82) is 0 Å². The van der Waals surface area contributed by atoms with E-state index in [1.54, 1.807) is 0 Å². The van der Waals surface area contributed by atoms with Crippen molar-refractivity contribution in [3.63, 3.8) is 0 Å². The number of hydrogen-bond acceptors (Lipinski definition) is 4. The van der Waals surface area contributed by atoms with Crippen molar-refractivity contribution in [1.82, 2.24) is 9.55 Å². The van der Waals surface area contributed by atoms with Gasteiger partial charge in [0.05, 0.1) is 17.1 Å². The molecule has 0 saturated heterocycles. The summed E-state index contributed by atoms with van der Waals surface area (Å²) in [6, 6.07) is 23.9. The average Bonchev–Trinajstić information content (AvgIpc) is 3.51. The van der Waals surface area contributed by atoms with Crippen molar-refractivity contribution in [2.45, 2.75) is 77.9 Å². The third-order valence-electron chi connectivity index (χ3n) is 8.48. The molecule has 5 heteroatoms. The van der Waals surface area contributed by atoms with Gasteiger partial charge in [0.1, 0.15) is 23.4 Å². The largest absolute Gasteiger partial charge is 0.472 e. The smallest absolute Gasteiger partial charge is 0.216 e. The Hall–Kier alpha value is -4.12. The van der Waals surface area contributed by atoms with E-state index in [-0.39, 0.29) is 11.5 Å². The normalized spacial score (nSPS) is 18.8. The molecule has 1 aliphatic heterocycles. The van der Waals surface area contributed by atoms with Gasteiger partial charge in [0.15, 0.2) is 0 Å². The second-order valence-corrected chi connectivity index (χ2v) is 12.8. The third-order valence-corrected chi connectivity index (χ3v) is 8.48. The van der Waals surface area contributed by atoms with Gasteiger partial charge < -0.3 is 9.47 Å². The molecule has 5 nitrogen and oxygen atoms in total. The van der Waals surface area contributed by atoms with Gasteiger partial charge in [0.2, 0.25) is 5.90 Å². The van der Waals surface area contributed by atoms with Gasteiger partial charge in [-0.3, -0.25) is 4.57 Å². The summed E-state index contributed by atoms with van der Waals surface area (Å²) in [5, 5.41) is 2.39. The van der Waals surface area contributed by atoms with Gasteiger partial charge in [0, 0.05) is 28.6 Å². The van der Waals surface area contributed by atoms with Crippen LogP contribution in [-0.4, -0.2) is 27.6 Å². The van der Waals surface area contributed by atoms with Gasteiger partial charge in [-0.2, -0.15) is 0 Å². The quantitative estimate of drug-likeness (QED) is 0.227. The number of ether oxygens (including phenoxy) is 2. The summed E-state index contributed by atoms with van der Waals surface area (Å²) >= 11 is 0. The maximum Gasteiger partial charge on any atom is 0.216 e. The molecule has 3 heterocycles. The lowest BCUT2D eigenvalue weighted by atomic mass is 9.88. The molecule has 2 aliphatic rings. The molecule has 1 aliphatic carbocycles. The first-order valence-electron chi connectivity index (χ1n) is 14.8. The summed E-state index contributed by atoms with van der Waals surface area (Å²) in [4.78, 5) is 9.76. The molecule has 1 saturated carbocycles.